The number of morpholine rings is 1. The molecule has 8 nitrogen and oxygen atoms in total. The number of hydrogen-bond acceptors (Lipinski definition) is 5. The highest BCUT2D eigenvalue weighted by Gasteiger charge is 2.18. The number of aromatic amines is 1. The van der Waals surface area contributed by atoms with E-state index in [9.17, 15) is 9.59 Å². The van der Waals surface area contributed by atoms with Crippen molar-refractivity contribution < 1.29 is 14.3 Å². The fourth-order valence-corrected chi connectivity index (χ4v) is 2.51. The second-order valence-corrected chi connectivity index (χ2v) is 5.63. The molecule has 8 heteroatoms. The van der Waals surface area contributed by atoms with Gasteiger partial charge in [0.15, 0.2) is 0 Å². The van der Waals surface area contributed by atoms with Crippen LogP contribution >= 0.6 is 0 Å². The van der Waals surface area contributed by atoms with Gasteiger partial charge in [-0.15, -0.1) is 0 Å². The fourth-order valence-electron chi connectivity index (χ4n) is 2.51. The average Bonchev–Trinajstić information content (AvgIpc) is 2.68. The number of carbonyl (C=O) groups excluding carboxylic acids is 1. The quantitative estimate of drug-likeness (QED) is 0.871. The Hall–Kier alpha value is -3.13. The number of rotatable bonds is 4. The van der Waals surface area contributed by atoms with Gasteiger partial charge in [0.25, 0.3) is 5.56 Å². The number of urea groups is 1. The molecule has 2 N–H and O–H groups in total. The molecule has 1 aromatic carbocycles. The maximum absolute atomic E-state index is 12.3. The number of aromatic nitrogens is 2. The summed E-state index contributed by atoms with van der Waals surface area (Å²) in [5.41, 5.74) is 0.839. The number of ether oxygens (including phenoxy) is 2. The molecule has 1 aliphatic heterocycles. The third kappa shape index (κ3) is 4.28. The highest BCUT2D eigenvalue weighted by molar-refractivity contribution is 5.91. The topological polar surface area (TPSA) is 96.5 Å². The highest BCUT2D eigenvalue weighted by atomic mass is 16.5. The van der Waals surface area contributed by atoms with E-state index in [4.69, 9.17) is 9.47 Å². The number of nitrogens with zero attached hydrogens (tertiary/aromatic N) is 2. The minimum Gasteiger partial charge on any atom is -0.497 e. The summed E-state index contributed by atoms with van der Waals surface area (Å²) in [7, 11) is 1.60. The number of H-pyrrole nitrogens is 1. The largest absolute Gasteiger partial charge is 0.497 e. The first-order chi connectivity index (χ1) is 12.7. The normalized spacial score (nSPS) is 14.4. The Bertz CT molecular complexity index is 839. The van der Waals surface area contributed by atoms with Gasteiger partial charge >= 0.3 is 6.03 Å². The Morgan fingerprint density at radius 2 is 2.00 bits per heavy atom. The van der Waals surface area contributed by atoms with Gasteiger partial charge in [0.1, 0.15) is 11.6 Å². The Morgan fingerprint density at radius 1 is 1.27 bits per heavy atom. The molecular formula is C18H20N4O4. The van der Waals surface area contributed by atoms with Crippen LogP contribution in [0, 0.1) is 0 Å². The van der Waals surface area contributed by atoms with Crippen molar-refractivity contribution >= 4 is 24.0 Å². The van der Waals surface area contributed by atoms with E-state index in [2.05, 4.69) is 15.3 Å². The molecule has 1 fully saturated rings. The predicted molar refractivity (Wildman–Crippen MR) is 98.2 cm³/mol. The lowest BCUT2D eigenvalue weighted by molar-refractivity contribution is 0.0564. The van der Waals surface area contributed by atoms with Crippen LogP contribution in [0.15, 0.2) is 35.4 Å². The smallest absolute Gasteiger partial charge is 0.323 e. The van der Waals surface area contributed by atoms with E-state index in [1.807, 2.05) is 24.3 Å². The van der Waals surface area contributed by atoms with Crippen molar-refractivity contribution in [2.75, 3.05) is 38.7 Å². The number of hydrogen-bond donors (Lipinski definition) is 2. The van der Waals surface area contributed by atoms with Crippen LogP contribution in [0.4, 0.5) is 10.6 Å². The van der Waals surface area contributed by atoms with Crippen LogP contribution in [0.25, 0.3) is 12.2 Å². The minimum atomic E-state index is -0.331. The fraction of sp³-hybridized carbons (Fsp3) is 0.278. The van der Waals surface area contributed by atoms with Crippen molar-refractivity contribution in [3.63, 3.8) is 0 Å². The summed E-state index contributed by atoms with van der Waals surface area (Å²) < 4.78 is 10.4. The molecule has 2 aromatic rings. The van der Waals surface area contributed by atoms with Gasteiger partial charge in [-0.3, -0.25) is 10.1 Å². The zero-order chi connectivity index (χ0) is 18.4. The van der Waals surface area contributed by atoms with Gasteiger partial charge < -0.3 is 19.4 Å². The van der Waals surface area contributed by atoms with Crippen LogP contribution in [0.5, 0.6) is 5.75 Å². The Labute approximate surface area is 150 Å². The molecule has 1 aliphatic rings. The zero-order valence-corrected chi connectivity index (χ0v) is 14.4. The summed E-state index contributed by atoms with van der Waals surface area (Å²) in [5.74, 6) is 0.967. The molecule has 3 rings (SSSR count). The molecule has 0 radical (unpaired) electrons. The van der Waals surface area contributed by atoms with Gasteiger partial charge in [0.05, 0.1) is 32.2 Å². The number of carbonyl (C=O) groups is 1. The Kier molecular flexibility index (Phi) is 5.65. The summed E-state index contributed by atoms with van der Waals surface area (Å²) in [6.45, 7) is 2.01. The summed E-state index contributed by atoms with van der Waals surface area (Å²) in [6.07, 6.45) is 4.67. The second-order valence-electron chi connectivity index (χ2n) is 5.63. The van der Waals surface area contributed by atoms with Gasteiger partial charge in [-0.1, -0.05) is 18.2 Å². The number of benzene rings is 1. The summed E-state index contributed by atoms with van der Waals surface area (Å²) in [5, 5.41) is 2.70. The van der Waals surface area contributed by atoms with E-state index >= 15 is 0 Å². The number of anilines is 1. The van der Waals surface area contributed by atoms with Crippen LogP contribution in [0.2, 0.25) is 0 Å². The molecule has 0 saturated carbocycles. The first-order valence-electron chi connectivity index (χ1n) is 8.21. The molecule has 136 valence electrons. The van der Waals surface area contributed by atoms with Gasteiger partial charge in [-0.25, -0.2) is 9.78 Å². The molecule has 1 saturated heterocycles. The third-order valence-corrected chi connectivity index (χ3v) is 3.97. The SMILES string of the molecule is COc1ccc(/C=C/c2c(NC(=O)N3CCOCC3)nc[nH]c2=O)cc1. The maximum Gasteiger partial charge on any atom is 0.323 e. The number of amides is 2. The van der Waals surface area contributed by atoms with Crippen molar-refractivity contribution in [3.8, 4) is 5.75 Å². The molecular weight excluding hydrogens is 336 g/mol. The molecule has 0 unspecified atom stereocenters. The first kappa shape index (κ1) is 17.7. The number of methoxy groups -OCH3 is 1. The Morgan fingerprint density at radius 3 is 2.69 bits per heavy atom. The highest BCUT2D eigenvalue weighted by Crippen LogP contribution is 2.15. The lowest BCUT2D eigenvalue weighted by Gasteiger charge is -2.26. The van der Waals surface area contributed by atoms with Gasteiger partial charge in [0, 0.05) is 13.1 Å². The van der Waals surface area contributed by atoms with Gasteiger partial charge in [-0.2, -0.15) is 0 Å². The lowest BCUT2D eigenvalue weighted by Crippen LogP contribution is -2.43. The van der Waals surface area contributed by atoms with Crippen LogP contribution in [-0.4, -0.2) is 54.3 Å². The van der Waals surface area contributed by atoms with E-state index in [0.717, 1.165) is 11.3 Å². The summed E-state index contributed by atoms with van der Waals surface area (Å²) in [4.78, 5) is 32.8. The summed E-state index contributed by atoms with van der Waals surface area (Å²) >= 11 is 0. The van der Waals surface area contributed by atoms with Crippen LogP contribution in [0.3, 0.4) is 0 Å². The summed E-state index contributed by atoms with van der Waals surface area (Å²) in [6, 6.07) is 7.09. The standard InChI is InChI=1S/C18H20N4O4/c1-25-14-5-2-13(3-6-14)4-7-15-16(19-12-20-17(15)23)21-18(24)22-8-10-26-11-9-22/h2-7,12H,8-11H2,1H3,(H2,19,20,21,23,24)/b7-4+. The van der Waals surface area contributed by atoms with Gasteiger partial charge in [-0.05, 0) is 23.8 Å². The van der Waals surface area contributed by atoms with Crippen molar-refractivity contribution in [2.45, 2.75) is 0 Å². The molecule has 0 spiro atoms. The van der Waals surface area contributed by atoms with Crippen molar-refractivity contribution in [3.05, 3.63) is 52.1 Å². The van der Waals surface area contributed by atoms with E-state index in [-0.39, 0.29) is 23.0 Å². The van der Waals surface area contributed by atoms with Gasteiger partial charge in [0.2, 0.25) is 0 Å². The first-order valence-corrected chi connectivity index (χ1v) is 8.21. The predicted octanol–water partition coefficient (Wildman–Crippen LogP) is 1.81. The van der Waals surface area contributed by atoms with E-state index < -0.39 is 0 Å². The zero-order valence-electron chi connectivity index (χ0n) is 14.4. The molecule has 1 aromatic heterocycles. The van der Waals surface area contributed by atoms with Crippen molar-refractivity contribution in [1.82, 2.24) is 14.9 Å². The number of nitrogens with one attached hydrogen (secondary N) is 2. The molecule has 2 heterocycles. The van der Waals surface area contributed by atoms with Crippen molar-refractivity contribution in [1.29, 1.82) is 0 Å². The van der Waals surface area contributed by atoms with Crippen molar-refractivity contribution in [2.24, 2.45) is 0 Å². The minimum absolute atomic E-state index is 0.218. The third-order valence-electron chi connectivity index (χ3n) is 3.97. The Balaban J connectivity index is 1.79. The molecule has 0 aliphatic carbocycles. The monoisotopic (exact) mass is 356 g/mol. The van der Waals surface area contributed by atoms with E-state index in [0.29, 0.717) is 26.3 Å². The molecule has 26 heavy (non-hydrogen) atoms. The van der Waals surface area contributed by atoms with E-state index in [1.54, 1.807) is 24.2 Å². The van der Waals surface area contributed by atoms with Crippen LogP contribution < -0.4 is 15.6 Å². The molecule has 2 amide bonds. The molecule has 0 atom stereocenters. The van der Waals surface area contributed by atoms with Crippen LogP contribution in [-0.2, 0) is 4.74 Å². The maximum atomic E-state index is 12.3. The lowest BCUT2D eigenvalue weighted by atomic mass is 10.1. The molecule has 0 bridgehead atoms. The van der Waals surface area contributed by atoms with E-state index in [1.165, 1.54) is 6.33 Å². The van der Waals surface area contributed by atoms with Crippen LogP contribution in [0.1, 0.15) is 11.1 Å². The second kappa shape index (κ2) is 8.30. The average molecular weight is 356 g/mol.